The van der Waals surface area contributed by atoms with Crippen molar-refractivity contribution in [2.45, 2.75) is 19.0 Å². The van der Waals surface area contributed by atoms with E-state index in [4.69, 9.17) is 0 Å². The topological polar surface area (TPSA) is 65.5 Å². The van der Waals surface area contributed by atoms with Crippen LogP contribution in [0, 0.1) is 11.7 Å². The lowest BCUT2D eigenvalue weighted by Crippen LogP contribution is -2.53. The Hall–Kier alpha value is -2.31. The third-order valence-corrected chi connectivity index (χ3v) is 4.60. The van der Waals surface area contributed by atoms with Crippen LogP contribution in [-0.2, 0) is 6.54 Å². The SMILES string of the molecule is O=C(NC1CN(Cc2ccccc2)CCC1CO)c1ccc(F)cn1. The van der Waals surface area contributed by atoms with Crippen LogP contribution in [0.1, 0.15) is 22.5 Å². The van der Waals surface area contributed by atoms with E-state index in [1.54, 1.807) is 0 Å². The van der Waals surface area contributed by atoms with Crippen molar-refractivity contribution in [3.8, 4) is 0 Å². The number of piperidine rings is 1. The molecule has 2 unspecified atom stereocenters. The molecule has 1 aromatic carbocycles. The monoisotopic (exact) mass is 343 g/mol. The number of hydrogen-bond acceptors (Lipinski definition) is 4. The molecule has 1 amide bonds. The summed E-state index contributed by atoms with van der Waals surface area (Å²) in [5, 5.41) is 12.6. The number of benzene rings is 1. The van der Waals surface area contributed by atoms with E-state index in [0.717, 1.165) is 25.7 Å². The number of pyridine rings is 1. The van der Waals surface area contributed by atoms with E-state index < -0.39 is 5.82 Å². The minimum Gasteiger partial charge on any atom is -0.396 e. The molecule has 0 saturated carbocycles. The van der Waals surface area contributed by atoms with E-state index in [0.29, 0.717) is 6.54 Å². The molecule has 0 radical (unpaired) electrons. The number of nitrogens with zero attached hydrogens (tertiary/aromatic N) is 2. The number of carbonyl (C=O) groups is 1. The first-order valence-electron chi connectivity index (χ1n) is 8.45. The van der Waals surface area contributed by atoms with Gasteiger partial charge in [-0.05, 0) is 30.7 Å². The van der Waals surface area contributed by atoms with E-state index in [2.05, 4.69) is 27.3 Å². The first-order valence-corrected chi connectivity index (χ1v) is 8.45. The predicted molar refractivity (Wildman–Crippen MR) is 92.4 cm³/mol. The Morgan fingerprint density at radius 2 is 2.08 bits per heavy atom. The van der Waals surface area contributed by atoms with Crippen molar-refractivity contribution in [3.63, 3.8) is 0 Å². The fraction of sp³-hybridized carbons (Fsp3) is 0.368. The second kappa shape index (κ2) is 8.18. The van der Waals surface area contributed by atoms with Gasteiger partial charge < -0.3 is 10.4 Å². The molecule has 1 aliphatic rings. The van der Waals surface area contributed by atoms with Gasteiger partial charge in [-0.25, -0.2) is 9.37 Å². The standard InChI is InChI=1S/C19H22FN3O2/c20-16-6-7-17(21-10-16)19(25)22-18-12-23(9-8-15(18)13-24)11-14-4-2-1-3-5-14/h1-7,10,15,18,24H,8-9,11-13H2,(H,22,25). The Bertz CT molecular complexity index is 694. The van der Waals surface area contributed by atoms with Gasteiger partial charge in [-0.1, -0.05) is 30.3 Å². The van der Waals surface area contributed by atoms with Gasteiger partial charge in [-0.2, -0.15) is 0 Å². The third-order valence-electron chi connectivity index (χ3n) is 4.60. The van der Waals surface area contributed by atoms with Crippen molar-refractivity contribution in [1.29, 1.82) is 0 Å². The normalized spacial score (nSPS) is 21.0. The maximum absolute atomic E-state index is 12.9. The molecule has 132 valence electrons. The van der Waals surface area contributed by atoms with Crippen LogP contribution in [0.25, 0.3) is 0 Å². The summed E-state index contributed by atoms with van der Waals surface area (Å²) in [6, 6.07) is 12.6. The highest BCUT2D eigenvalue weighted by molar-refractivity contribution is 5.92. The van der Waals surface area contributed by atoms with E-state index in [1.165, 1.54) is 17.7 Å². The lowest BCUT2D eigenvalue weighted by atomic mass is 9.91. The Kier molecular flexibility index (Phi) is 5.73. The first-order chi connectivity index (χ1) is 12.2. The van der Waals surface area contributed by atoms with Crippen LogP contribution in [0.2, 0.25) is 0 Å². The number of hydrogen-bond donors (Lipinski definition) is 2. The van der Waals surface area contributed by atoms with Crippen molar-refractivity contribution in [1.82, 2.24) is 15.2 Å². The fourth-order valence-corrected chi connectivity index (χ4v) is 3.19. The number of amides is 1. The quantitative estimate of drug-likeness (QED) is 0.869. The van der Waals surface area contributed by atoms with Gasteiger partial charge in [0.25, 0.3) is 5.91 Å². The molecule has 1 aliphatic heterocycles. The molecule has 2 aromatic rings. The molecule has 5 nitrogen and oxygen atoms in total. The van der Waals surface area contributed by atoms with Crippen LogP contribution in [0.15, 0.2) is 48.7 Å². The molecule has 0 aliphatic carbocycles. The van der Waals surface area contributed by atoms with Crippen LogP contribution in [0.5, 0.6) is 0 Å². The van der Waals surface area contributed by atoms with Crippen LogP contribution in [-0.4, -0.2) is 46.6 Å². The Balaban J connectivity index is 1.64. The predicted octanol–water partition coefficient (Wildman–Crippen LogP) is 1.83. The summed E-state index contributed by atoms with van der Waals surface area (Å²) in [7, 11) is 0. The number of halogens is 1. The molecule has 2 N–H and O–H groups in total. The lowest BCUT2D eigenvalue weighted by Gasteiger charge is -2.38. The van der Waals surface area contributed by atoms with Crippen molar-refractivity contribution >= 4 is 5.91 Å². The van der Waals surface area contributed by atoms with Gasteiger partial charge in [0, 0.05) is 31.7 Å². The highest BCUT2D eigenvalue weighted by atomic mass is 19.1. The zero-order valence-corrected chi connectivity index (χ0v) is 13.9. The average molecular weight is 343 g/mol. The molecule has 3 rings (SSSR count). The zero-order valence-electron chi connectivity index (χ0n) is 13.9. The van der Waals surface area contributed by atoms with E-state index >= 15 is 0 Å². The zero-order chi connectivity index (χ0) is 17.6. The average Bonchev–Trinajstić information content (AvgIpc) is 2.63. The van der Waals surface area contributed by atoms with Crippen molar-refractivity contribution < 1.29 is 14.3 Å². The minimum atomic E-state index is -0.475. The van der Waals surface area contributed by atoms with Crippen LogP contribution < -0.4 is 5.32 Å². The van der Waals surface area contributed by atoms with E-state index in [-0.39, 0.29) is 30.2 Å². The number of aromatic nitrogens is 1. The summed E-state index contributed by atoms with van der Waals surface area (Å²) < 4.78 is 12.9. The van der Waals surface area contributed by atoms with Gasteiger partial charge in [0.05, 0.1) is 6.20 Å². The summed E-state index contributed by atoms with van der Waals surface area (Å²) in [6.07, 6.45) is 1.84. The third kappa shape index (κ3) is 4.61. The van der Waals surface area contributed by atoms with Gasteiger partial charge in [0.15, 0.2) is 0 Å². The maximum Gasteiger partial charge on any atom is 0.270 e. The molecule has 6 heteroatoms. The Labute approximate surface area is 146 Å². The molecule has 0 spiro atoms. The summed E-state index contributed by atoms with van der Waals surface area (Å²) in [6.45, 7) is 2.37. The van der Waals surface area contributed by atoms with E-state index in [1.807, 2.05) is 18.2 Å². The number of likely N-dealkylation sites (tertiary alicyclic amines) is 1. The highest BCUT2D eigenvalue weighted by Crippen LogP contribution is 2.20. The van der Waals surface area contributed by atoms with Gasteiger partial charge >= 0.3 is 0 Å². The Morgan fingerprint density at radius 3 is 2.76 bits per heavy atom. The van der Waals surface area contributed by atoms with Gasteiger partial charge in [-0.3, -0.25) is 9.69 Å². The number of aliphatic hydroxyl groups excluding tert-OH is 1. The molecule has 2 heterocycles. The molecule has 2 atom stereocenters. The number of rotatable bonds is 5. The van der Waals surface area contributed by atoms with Gasteiger partial charge in [0.1, 0.15) is 11.5 Å². The largest absolute Gasteiger partial charge is 0.396 e. The van der Waals surface area contributed by atoms with Gasteiger partial charge in [-0.15, -0.1) is 0 Å². The van der Waals surface area contributed by atoms with Crippen LogP contribution >= 0.6 is 0 Å². The smallest absolute Gasteiger partial charge is 0.270 e. The van der Waals surface area contributed by atoms with Gasteiger partial charge in [0.2, 0.25) is 0 Å². The minimum absolute atomic E-state index is 0.0106. The summed E-state index contributed by atoms with van der Waals surface area (Å²) in [5.41, 5.74) is 1.40. The molecular formula is C19H22FN3O2. The molecule has 0 bridgehead atoms. The van der Waals surface area contributed by atoms with E-state index in [9.17, 15) is 14.3 Å². The summed E-state index contributed by atoms with van der Waals surface area (Å²) >= 11 is 0. The molecule has 1 saturated heterocycles. The summed E-state index contributed by atoms with van der Waals surface area (Å²) in [5.74, 6) is -0.807. The molecule has 25 heavy (non-hydrogen) atoms. The summed E-state index contributed by atoms with van der Waals surface area (Å²) in [4.78, 5) is 18.4. The molecular weight excluding hydrogens is 321 g/mol. The number of aliphatic hydroxyl groups is 1. The second-order valence-electron chi connectivity index (χ2n) is 6.39. The fourth-order valence-electron chi connectivity index (χ4n) is 3.19. The second-order valence-corrected chi connectivity index (χ2v) is 6.39. The van der Waals surface area contributed by atoms with Crippen LogP contribution in [0.4, 0.5) is 4.39 Å². The lowest BCUT2D eigenvalue weighted by molar-refractivity contribution is 0.0727. The highest BCUT2D eigenvalue weighted by Gasteiger charge is 2.30. The van der Waals surface area contributed by atoms with Crippen LogP contribution in [0.3, 0.4) is 0 Å². The maximum atomic E-state index is 12.9. The number of nitrogens with one attached hydrogen (secondary N) is 1. The van der Waals surface area contributed by atoms with Crippen molar-refractivity contribution in [2.24, 2.45) is 5.92 Å². The Morgan fingerprint density at radius 1 is 1.28 bits per heavy atom. The van der Waals surface area contributed by atoms with Crippen molar-refractivity contribution in [2.75, 3.05) is 19.7 Å². The number of carbonyl (C=O) groups excluding carboxylic acids is 1. The van der Waals surface area contributed by atoms with Crippen molar-refractivity contribution in [3.05, 3.63) is 65.7 Å². The first kappa shape index (κ1) is 17.5. The molecule has 1 aromatic heterocycles. The molecule has 1 fully saturated rings.